The number of sulfone groups is 1. The standard InChI is InChI=1S/C16H20N2O2S2/c1-22(19,20)14-4-2-12(3-5-14)10-16-18-11-15(21-16)13-6-8-17-9-7-13/h2-5,11,13,17H,6-10H2,1H3. The maximum atomic E-state index is 11.5. The highest BCUT2D eigenvalue weighted by atomic mass is 32.2. The predicted molar refractivity (Wildman–Crippen MR) is 89.3 cm³/mol. The Balaban J connectivity index is 1.69. The van der Waals surface area contributed by atoms with Gasteiger partial charge in [0, 0.05) is 23.8 Å². The number of hydrogen-bond acceptors (Lipinski definition) is 5. The van der Waals surface area contributed by atoms with Crippen LogP contribution in [-0.2, 0) is 16.3 Å². The van der Waals surface area contributed by atoms with E-state index in [0.29, 0.717) is 10.8 Å². The molecule has 0 saturated carbocycles. The van der Waals surface area contributed by atoms with Crippen molar-refractivity contribution < 1.29 is 8.42 Å². The monoisotopic (exact) mass is 336 g/mol. The summed E-state index contributed by atoms with van der Waals surface area (Å²) in [6.07, 6.45) is 6.38. The number of piperidine rings is 1. The zero-order valence-corrected chi connectivity index (χ0v) is 14.2. The molecule has 2 heterocycles. The van der Waals surface area contributed by atoms with Gasteiger partial charge in [-0.05, 0) is 49.5 Å². The van der Waals surface area contributed by atoms with Crippen molar-refractivity contribution >= 4 is 21.2 Å². The minimum absolute atomic E-state index is 0.366. The van der Waals surface area contributed by atoms with E-state index < -0.39 is 9.84 Å². The Morgan fingerprint density at radius 3 is 2.55 bits per heavy atom. The van der Waals surface area contributed by atoms with Gasteiger partial charge in [-0.15, -0.1) is 11.3 Å². The predicted octanol–water partition coefficient (Wildman–Crippen LogP) is 2.60. The highest BCUT2D eigenvalue weighted by Crippen LogP contribution is 2.30. The van der Waals surface area contributed by atoms with Crippen LogP contribution in [-0.4, -0.2) is 32.7 Å². The van der Waals surface area contributed by atoms with Crippen LogP contribution in [0.2, 0.25) is 0 Å². The molecule has 0 amide bonds. The second-order valence-electron chi connectivity index (χ2n) is 5.77. The lowest BCUT2D eigenvalue weighted by molar-refractivity contribution is 0.465. The molecule has 1 saturated heterocycles. The van der Waals surface area contributed by atoms with E-state index in [4.69, 9.17) is 0 Å². The lowest BCUT2D eigenvalue weighted by Crippen LogP contribution is -2.26. The van der Waals surface area contributed by atoms with Gasteiger partial charge in [0.1, 0.15) is 0 Å². The minimum atomic E-state index is -3.12. The Labute approximate surface area is 135 Å². The molecule has 0 atom stereocenters. The molecule has 1 aromatic carbocycles. The number of aromatic nitrogens is 1. The van der Waals surface area contributed by atoms with Crippen molar-refractivity contribution in [3.8, 4) is 0 Å². The third-order valence-electron chi connectivity index (χ3n) is 4.02. The third-order valence-corrected chi connectivity index (χ3v) is 6.31. The fourth-order valence-corrected chi connectivity index (χ4v) is 4.48. The summed E-state index contributed by atoms with van der Waals surface area (Å²) in [5.41, 5.74) is 1.10. The normalized spacial score (nSPS) is 16.8. The van der Waals surface area contributed by atoms with E-state index >= 15 is 0 Å². The van der Waals surface area contributed by atoms with Gasteiger partial charge in [-0.1, -0.05) is 12.1 Å². The van der Waals surface area contributed by atoms with Crippen LogP contribution in [0.15, 0.2) is 35.4 Å². The summed E-state index contributed by atoms with van der Waals surface area (Å²) < 4.78 is 22.9. The summed E-state index contributed by atoms with van der Waals surface area (Å²) in [5.74, 6) is 0.639. The van der Waals surface area contributed by atoms with Crippen molar-refractivity contribution in [3.63, 3.8) is 0 Å². The van der Waals surface area contributed by atoms with Crippen molar-refractivity contribution in [1.29, 1.82) is 0 Å². The molecule has 1 aromatic heterocycles. The summed E-state index contributed by atoms with van der Waals surface area (Å²) >= 11 is 1.79. The zero-order valence-electron chi connectivity index (χ0n) is 12.6. The highest BCUT2D eigenvalue weighted by molar-refractivity contribution is 7.90. The van der Waals surface area contributed by atoms with E-state index in [2.05, 4.69) is 10.3 Å². The molecule has 0 spiro atoms. The highest BCUT2D eigenvalue weighted by Gasteiger charge is 2.17. The molecule has 1 aliphatic rings. The molecule has 0 radical (unpaired) electrons. The van der Waals surface area contributed by atoms with Crippen molar-refractivity contribution in [2.24, 2.45) is 0 Å². The Hall–Kier alpha value is -1.24. The van der Waals surface area contributed by atoms with Gasteiger partial charge in [0.15, 0.2) is 9.84 Å². The maximum Gasteiger partial charge on any atom is 0.175 e. The first-order valence-electron chi connectivity index (χ1n) is 7.47. The lowest BCUT2D eigenvalue weighted by atomic mass is 9.97. The first-order chi connectivity index (χ1) is 10.5. The third kappa shape index (κ3) is 3.74. The van der Waals surface area contributed by atoms with E-state index in [9.17, 15) is 8.42 Å². The summed E-state index contributed by atoms with van der Waals surface area (Å²) in [6.45, 7) is 2.18. The molecular weight excluding hydrogens is 316 g/mol. The van der Waals surface area contributed by atoms with Crippen molar-refractivity contribution in [2.75, 3.05) is 19.3 Å². The molecule has 1 N–H and O–H groups in total. The minimum Gasteiger partial charge on any atom is -0.317 e. The largest absolute Gasteiger partial charge is 0.317 e. The second kappa shape index (κ2) is 6.48. The van der Waals surface area contributed by atoms with Crippen LogP contribution >= 0.6 is 11.3 Å². The maximum absolute atomic E-state index is 11.5. The summed E-state index contributed by atoms with van der Waals surface area (Å²) in [5, 5.41) is 4.48. The molecule has 22 heavy (non-hydrogen) atoms. The van der Waals surface area contributed by atoms with Crippen molar-refractivity contribution in [2.45, 2.75) is 30.1 Å². The number of nitrogens with zero attached hydrogens (tertiary/aromatic N) is 1. The lowest BCUT2D eigenvalue weighted by Gasteiger charge is -2.20. The Morgan fingerprint density at radius 2 is 1.91 bits per heavy atom. The first kappa shape index (κ1) is 15.6. The Bertz CT molecular complexity index is 730. The first-order valence-corrected chi connectivity index (χ1v) is 10.2. The van der Waals surface area contributed by atoms with Gasteiger partial charge in [0.25, 0.3) is 0 Å². The number of benzene rings is 1. The van der Waals surface area contributed by atoms with Gasteiger partial charge >= 0.3 is 0 Å². The topological polar surface area (TPSA) is 59.1 Å². The van der Waals surface area contributed by atoms with E-state index in [1.165, 1.54) is 24.0 Å². The van der Waals surface area contributed by atoms with Crippen LogP contribution in [0.3, 0.4) is 0 Å². The number of nitrogens with one attached hydrogen (secondary N) is 1. The molecule has 0 bridgehead atoms. The summed E-state index contributed by atoms with van der Waals surface area (Å²) in [7, 11) is -3.12. The number of rotatable bonds is 4. The van der Waals surface area contributed by atoms with Crippen LogP contribution in [0.25, 0.3) is 0 Å². The van der Waals surface area contributed by atoms with Crippen LogP contribution < -0.4 is 5.32 Å². The second-order valence-corrected chi connectivity index (χ2v) is 8.94. The molecule has 0 unspecified atom stereocenters. The van der Waals surface area contributed by atoms with Gasteiger partial charge in [-0.3, -0.25) is 0 Å². The molecule has 1 aliphatic heterocycles. The van der Waals surface area contributed by atoms with Crippen molar-refractivity contribution in [1.82, 2.24) is 10.3 Å². The average molecular weight is 336 g/mol. The van der Waals surface area contributed by atoms with E-state index in [0.717, 1.165) is 30.1 Å². The van der Waals surface area contributed by atoms with Crippen LogP contribution in [0, 0.1) is 0 Å². The van der Waals surface area contributed by atoms with Crippen LogP contribution in [0.4, 0.5) is 0 Å². The van der Waals surface area contributed by atoms with Gasteiger partial charge in [-0.2, -0.15) is 0 Å². The molecule has 118 valence electrons. The molecule has 0 aliphatic carbocycles. The van der Waals surface area contributed by atoms with E-state index in [1.807, 2.05) is 18.3 Å². The van der Waals surface area contributed by atoms with Gasteiger partial charge in [0.05, 0.1) is 9.90 Å². The SMILES string of the molecule is CS(=O)(=O)c1ccc(Cc2ncc(C3CCNCC3)s2)cc1. The van der Waals surface area contributed by atoms with E-state index in [-0.39, 0.29) is 0 Å². The molecule has 2 aromatic rings. The smallest absolute Gasteiger partial charge is 0.175 e. The van der Waals surface area contributed by atoms with E-state index in [1.54, 1.807) is 23.5 Å². The van der Waals surface area contributed by atoms with Crippen LogP contribution in [0.1, 0.15) is 34.2 Å². The molecule has 6 heteroatoms. The summed E-state index contributed by atoms with van der Waals surface area (Å²) in [6, 6.07) is 7.10. The van der Waals surface area contributed by atoms with Gasteiger partial charge in [0.2, 0.25) is 0 Å². The molecule has 1 fully saturated rings. The number of thiazole rings is 1. The van der Waals surface area contributed by atoms with Crippen molar-refractivity contribution in [3.05, 3.63) is 45.9 Å². The fourth-order valence-electron chi connectivity index (χ4n) is 2.73. The number of hydrogen-bond donors (Lipinski definition) is 1. The molecular formula is C16H20N2O2S2. The quantitative estimate of drug-likeness (QED) is 0.932. The Kier molecular flexibility index (Phi) is 4.61. The molecule has 4 nitrogen and oxygen atoms in total. The zero-order chi connectivity index (χ0) is 15.6. The fraction of sp³-hybridized carbons (Fsp3) is 0.438. The Morgan fingerprint density at radius 1 is 1.23 bits per heavy atom. The van der Waals surface area contributed by atoms with Gasteiger partial charge in [-0.25, -0.2) is 13.4 Å². The molecule has 3 rings (SSSR count). The summed E-state index contributed by atoms with van der Waals surface area (Å²) in [4.78, 5) is 6.28. The van der Waals surface area contributed by atoms with Crippen LogP contribution in [0.5, 0.6) is 0 Å². The van der Waals surface area contributed by atoms with Gasteiger partial charge < -0.3 is 5.32 Å². The average Bonchev–Trinajstić information content (AvgIpc) is 2.96.